The van der Waals surface area contributed by atoms with Crippen molar-refractivity contribution in [3.05, 3.63) is 23.4 Å². The summed E-state index contributed by atoms with van der Waals surface area (Å²) >= 11 is 0. The van der Waals surface area contributed by atoms with Crippen molar-refractivity contribution in [3.63, 3.8) is 0 Å². The average Bonchev–Trinajstić information content (AvgIpc) is 2.36. The topological polar surface area (TPSA) is 26.7 Å². The van der Waals surface area contributed by atoms with Gasteiger partial charge in [-0.1, -0.05) is 11.6 Å². The summed E-state index contributed by atoms with van der Waals surface area (Å²) in [6.07, 6.45) is 5.42. The highest BCUT2D eigenvalue weighted by Crippen LogP contribution is 2.19. The summed E-state index contributed by atoms with van der Waals surface area (Å²) in [5, 5.41) is 8.66. The number of aliphatic hydroxyl groups is 1. The molecule has 0 radical (unpaired) electrons. The molecule has 3 nitrogen and oxygen atoms in total. The Kier molecular flexibility index (Phi) is 6.36. The first-order valence-electron chi connectivity index (χ1n) is 6.54. The van der Waals surface area contributed by atoms with Gasteiger partial charge >= 0.3 is 0 Å². The minimum Gasteiger partial charge on any atom is -0.393 e. The zero-order valence-corrected chi connectivity index (χ0v) is 11.7. The molecular formula is C14H25FN2O. The van der Waals surface area contributed by atoms with Gasteiger partial charge in [0.05, 0.1) is 6.61 Å². The van der Waals surface area contributed by atoms with Gasteiger partial charge in [-0.2, -0.15) is 0 Å². The van der Waals surface area contributed by atoms with Crippen molar-refractivity contribution in [2.45, 2.75) is 25.9 Å². The summed E-state index contributed by atoms with van der Waals surface area (Å²) in [6.45, 7) is 3.74. The number of hydrogen-bond acceptors (Lipinski definition) is 3. The Labute approximate surface area is 110 Å². The predicted octanol–water partition coefficient (Wildman–Crippen LogP) is 1.80. The molecule has 1 aliphatic rings. The van der Waals surface area contributed by atoms with Crippen LogP contribution < -0.4 is 0 Å². The maximum Gasteiger partial charge on any atom is 0.136 e. The van der Waals surface area contributed by atoms with Crippen LogP contribution in [-0.4, -0.2) is 61.4 Å². The first-order chi connectivity index (χ1) is 8.52. The van der Waals surface area contributed by atoms with Gasteiger partial charge in [-0.3, -0.25) is 0 Å². The lowest BCUT2D eigenvalue weighted by molar-refractivity contribution is 0.135. The molecule has 0 aromatic rings. The second-order valence-corrected chi connectivity index (χ2v) is 5.13. The van der Waals surface area contributed by atoms with E-state index in [4.69, 9.17) is 5.11 Å². The Bertz CT molecular complexity index is 315. The maximum atomic E-state index is 13.0. The van der Waals surface area contributed by atoms with Gasteiger partial charge in [0.15, 0.2) is 0 Å². The molecule has 0 bridgehead atoms. The fourth-order valence-electron chi connectivity index (χ4n) is 2.00. The molecule has 4 heteroatoms. The lowest BCUT2D eigenvalue weighted by atomic mass is 10.0. The van der Waals surface area contributed by atoms with E-state index in [9.17, 15) is 4.39 Å². The smallest absolute Gasteiger partial charge is 0.136 e. The van der Waals surface area contributed by atoms with Crippen LogP contribution in [0.3, 0.4) is 0 Å². The highest BCUT2D eigenvalue weighted by molar-refractivity contribution is 5.21. The molecule has 0 aliphatic heterocycles. The predicted molar refractivity (Wildman–Crippen MR) is 73.2 cm³/mol. The average molecular weight is 256 g/mol. The molecule has 0 saturated heterocycles. The monoisotopic (exact) mass is 256 g/mol. The van der Waals surface area contributed by atoms with Crippen molar-refractivity contribution in [3.8, 4) is 0 Å². The molecule has 0 aromatic carbocycles. The summed E-state index contributed by atoms with van der Waals surface area (Å²) in [4.78, 5) is 4.15. The van der Waals surface area contributed by atoms with Crippen LogP contribution in [0, 0.1) is 0 Å². The molecule has 0 fully saturated rings. The molecule has 0 saturated carbocycles. The molecule has 1 N–H and O–H groups in total. The third kappa shape index (κ3) is 5.19. The number of nitrogens with zero attached hydrogens (tertiary/aromatic N) is 2. The molecule has 0 amide bonds. The van der Waals surface area contributed by atoms with Gasteiger partial charge in [0.1, 0.15) is 6.17 Å². The van der Waals surface area contributed by atoms with E-state index in [-0.39, 0.29) is 0 Å². The van der Waals surface area contributed by atoms with E-state index in [0.717, 1.165) is 25.9 Å². The Morgan fingerprint density at radius 1 is 1.28 bits per heavy atom. The number of aliphatic hydroxyl groups excluding tert-OH is 1. The van der Waals surface area contributed by atoms with Gasteiger partial charge in [-0.15, -0.1) is 0 Å². The Morgan fingerprint density at radius 3 is 2.56 bits per heavy atom. The van der Waals surface area contributed by atoms with Crippen molar-refractivity contribution in [1.82, 2.24) is 9.80 Å². The molecule has 104 valence electrons. The van der Waals surface area contributed by atoms with E-state index < -0.39 is 12.8 Å². The number of rotatable bonds is 7. The van der Waals surface area contributed by atoms with Gasteiger partial charge in [0.25, 0.3) is 0 Å². The molecule has 1 aliphatic carbocycles. The van der Waals surface area contributed by atoms with Crippen LogP contribution in [-0.2, 0) is 0 Å². The summed E-state index contributed by atoms with van der Waals surface area (Å²) in [5.74, 6) is 0. The molecule has 0 heterocycles. The van der Waals surface area contributed by atoms with Crippen LogP contribution in [0.5, 0.6) is 0 Å². The van der Waals surface area contributed by atoms with Crippen molar-refractivity contribution in [2.24, 2.45) is 0 Å². The molecule has 0 aromatic heterocycles. The number of alkyl halides is 1. The summed E-state index contributed by atoms with van der Waals surface area (Å²) in [7, 11) is 3.96. The van der Waals surface area contributed by atoms with Crippen LogP contribution in [0.1, 0.15) is 19.8 Å². The Hall–Kier alpha value is -0.870. The van der Waals surface area contributed by atoms with E-state index >= 15 is 0 Å². The van der Waals surface area contributed by atoms with Gasteiger partial charge < -0.3 is 14.9 Å². The lowest BCUT2D eigenvalue weighted by Gasteiger charge is -2.27. The molecule has 1 rings (SSSR count). The fraction of sp³-hybridized carbons (Fsp3) is 0.714. The van der Waals surface area contributed by atoms with Crippen LogP contribution in [0.2, 0.25) is 0 Å². The summed E-state index contributed by atoms with van der Waals surface area (Å²) < 4.78 is 13.0. The van der Waals surface area contributed by atoms with Gasteiger partial charge in [-0.05, 0) is 32.9 Å². The fourth-order valence-corrected chi connectivity index (χ4v) is 2.00. The van der Waals surface area contributed by atoms with E-state index in [2.05, 4.69) is 31.0 Å². The molecule has 0 spiro atoms. The Balaban J connectivity index is 2.30. The van der Waals surface area contributed by atoms with E-state index in [1.165, 1.54) is 11.3 Å². The van der Waals surface area contributed by atoms with Crippen LogP contribution in [0.25, 0.3) is 0 Å². The SMILES string of the molecule is CC1=CC=C(N(C)CCN(C)CC(F)CO)CC1. The first kappa shape index (κ1) is 15.2. The van der Waals surface area contributed by atoms with Crippen LogP contribution >= 0.6 is 0 Å². The summed E-state index contributed by atoms with van der Waals surface area (Å²) in [6, 6.07) is 0. The minimum absolute atomic E-state index is 0.294. The van der Waals surface area contributed by atoms with Gasteiger partial charge in [0.2, 0.25) is 0 Å². The number of allylic oxidation sites excluding steroid dienone is 4. The standard InChI is InChI=1S/C14H25FN2O/c1-12-4-6-14(7-5-12)17(3)9-8-16(2)10-13(15)11-18/h4,6,13,18H,5,7-11H2,1-3H3. The Morgan fingerprint density at radius 2 is 2.00 bits per heavy atom. The number of hydrogen-bond donors (Lipinski definition) is 1. The first-order valence-corrected chi connectivity index (χ1v) is 6.54. The molecule has 1 unspecified atom stereocenters. The number of halogens is 1. The normalized spacial score (nSPS) is 17.4. The van der Waals surface area contributed by atoms with Crippen LogP contribution in [0.4, 0.5) is 4.39 Å². The third-order valence-electron chi connectivity index (χ3n) is 3.35. The molecule has 18 heavy (non-hydrogen) atoms. The second kappa shape index (κ2) is 7.54. The minimum atomic E-state index is -1.14. The molecule has 1 atom stereocenters. The van der Waals surface area contributed by atoms with Gasteiger partial charge in [0, 0.05) is 32.4 Å². The van der Waals surface area contributed by atoms with Gasteiger partial charge in [-0.25, -0.2) is 4.39 Å². The van der Waals surface area contributed by atoms with E-state index in [1.807, 2.05) is 11.9 Å². The van der Waals surface area contributed by atoms with Crippen molar-refractivity contribution < 1.29 is 9.50 Å². The highest BCUT2D eigenvalue weighted by Gasteiger charge is 2.11. The maximum absolute atomic E-state index is 13.0. The largest absolute Gasteiger partial charge is 0.393 e. The van der Waals surface area contributed by atoms with Crippen molar-refractivity contribution in [2.75, 3.05) is 40.3 Å². The van der Waals surface area contributed by atoms with E-state index in [0.29, 0.717) is 6.54 Å². The third-order valence-corrected chi connectivity index (χ3v) is 3.35. The second-order valence-electron chi connectivity index (χ2n) is 5.13. The lowest BCUT2D eigenvalue weighted by Crippen LogP contribution is -2.35. The van der Waals surface area contributed by atoms with E-state index in [1.54, 1.807) is 0 Å². The zero-order chi connectivity index (χ0) is 13.5. The molecular weight excluding hydrogens is 231 g/mol. The van der Waals surface area contributed by atoms with Crippen molar-refractivity contribution in [1.29, 1.82) is 0 Å². The summed E-state index contributed by atoms with van der Waals surface area (Å²) in [5.41, 5.74) is 2.76. The zero-order valence-electron chi connectivity index (χ0n) is 11.7. The quantitative estimate of drug-likeness (QED) is 0.752. The highest BCUT2D eigenvalue weighted by atomic mass is 19.1. The number of likely N-dealkylation sites (N-methyl/N-ethyl adjacent to an activating group) is 2. The van der Waals surface area contributed by atoms with Crippen LogP contribution in [0.15, 0.2) is 23.4 Å². The van der Waals surface area contributed by atoms with Crippen molar-refractivity contribution >= 4 is 0 Å².